The van der Waals surface area contributed by atoms with Crippen LogP contribution in [0.4, 0.5) is 13.2 Å². The van der Waals surface area contributed by atoms with Crippen LogP contribution in [0, 0.1) is 0 Å². The lowest BCUT2D eigenvalue weighted by Crippen LogP contribution is -2.46. The number of methoxy groups -OCH3 is 1. The third kappa shape index (κ3) is 3.15. The molecule has 1 saturated heterocycles. The monoisotopic (exact) mass is 197 g/mol. The summed E-state index contributed by atoms with van der Waals surface area (Å²) in [6, 6.07) is 0. The van der Waals surface area contributed by atoms with Crippen LogP contribution in [0.3, 0.4) is 0 Å². The van der Waals surface area contributed by atoms with Crippen molar-refractivity contribution in [2.24, 2.45) is 0 Å². The average molecular weight is 197 g/mol. The Balaban J connectivity index is 2.57. The van der Waals surface area contributed by atoms with Crippen molar-refractivity contribution in [2.45, 2.75) is 31.0 Å². The number of hydrogen-bond donors (Lipinski definition) is 1. The van der Waals surface area contributed by atoms with Gasteiger partial charge in [-0.2, -0.15) is 13.2 Å². The molecule has 0 amide bonds. The van der Waals surface area contributed by atoms with Gasteiger partial charge in [-0.3, -0.25) is 0 Å². The summed E-state index contributed by atoms with van der Waals surface area (Å²) in [5, 5.41) is 3.01. The predicted octanol–water partition coefficient (Wildman–Crippen LogP) is 1.71. The Kier molecular flexibility index (Phi) is 3.18. The molecule has 0 spiro atoms. The maximum absolute atomic E-state index is 12.2. The SMILES string of the molecule is COC1(CC(F)(F)F)CCNCC1. The molecule has 1 aliphatic rings. The molecule has 0 unspecified atom stereocenters. The molecule has 0 aromatic carbocycles. The minimum Gasteiger partial charge on any atom is -0.378 e. The Bertz CT molecular complexity index is 163. The van der Waals surface area contributed by atoms with Gasteiger partial charge in [0.25, 0.3) is 0 Å². The molecule has 0 atom stereocenters. The fraction of sp³-hybridized carbons (Fsp3) is 1.00. The topological polar surface area (TPSA) is 21.3 Å². The normalized spacial score (nSPS) is 23.1. The molecule has 1 N–H and O–H groups in total. The number of nitrogens with one attached hydrogen (secondary N) is 1. The minimum atomic E-state index is -4.13. The Morgan fingerprint density at radius 2 is 1.85 bits per heavy atom. The fourth-order valence-electron chi connectivity index (χ4n) is 1.70. The van der Waals surface area contributed by atoms with Gasteiger partial charge in [-0.25, -0.2) is 0 Å². The molecule has 1 heterocycles. The van der Waals surface area contributed by atoms with E-state index in [4.69, 9.17) is 4.74 Å². The first-order valence-corrected chi connectivity index (χ1v) is 4.30. The lowest BCUT2D eigenvalue weighted by atomic mass is 9.88. The van der Waals surface area contributed by atoms with Crippen LogP contribution in [-0.2, 0) is 4.74 Å². The highest BCUT2D eigenvalue weighted by atomic mass is 19.4. The van der Waals surface area contributed by atoms with Crippen LogP contribution in [0.15, 0.2) is 0 Å². The van der Waals surface area contributed by atoms with Gasteiger partial charge in [0.05, 0.1) is 12.0 Å². The third-order valence-corrected chi connectivity index (χ3v) is 2.47. The molecule has 0 bridgehead atoms. The van der Waals surface area contributed by atoms with Crippen LogP contribution in [0.2, 0.25) is 0 Å². The zero-order valence-corrected chi connectivity index (χ0v) is 7.58. The maximum atomic E-state index is 12.2. The van der Waals surface area contributed by atoms with Gasteiger partial charge in [0.15, 0.2) is 0 Å². The van der Waals surface area contributed by atoms with E-state index in [2.05, 4.69) is 5.32 Å². The molecule has 1 rings (SSSR count). The lowest BCUT2D eigenvalue weighted by Gasteiger charge is -2.36. The maximum Gasteiger partial charge on any atom is 0.391 e. The van der Waals surface area contributed by atoms with Gasteiger partial charge in [0.2, 0.25) is 0 Å². The Morgan fingerprint density at radius 1 is 1.31 bits per heavy atom. The second-order valence-electron chi connectivity index (χ2n) is 3.43. The van der Waals surface area contributed by atoms with Crippen molar-refractivity contribution in [3.63, 3.8) is 0 Å². The number of rotatable bonds is 2. The average Bonchev–Trinajstić information content (AvgIpc) is 2.03. The van der Waals surface area contributed by atoms with Gasteiger partial charge in [0, 0.05) is 7.11 Å². The van der Waals surface area contributed by atoms with E-state index in [0.717, 1.165) is 0 Å². The third-order valence-electron chi connectivity index (χ3n) is 2.47. The smallest absolute Gasteiger partial charge is 0.378 e. The summed E-state index contributed by atoms with van der Waals surface area (Å²) in [5.41, 5.74) is -0.983. The zero-order valence-electron chi connectivity index (χ0n) is 7.58. The van der Waals surface area contributed by atoms with Crippen molar-refractivity contribution >= 4 is 0 Å². The lowest BCUT2D eigenvalue weighted by molar-refractivity contribution is -0.188. The van der Waals surface area contributed by atoms with Crippen molar-refractivity contribution in [1.82, 2.24) is 5.32 Å². The summed E-state index contributed by atoms with van der Waals surface area (Å²) in [4.78, 5) is 0. The molecular weight excluding hydrogens is 183 g/mol. The molecule has 1 aliphatic heterocycles. The molecule has 78 valence electrons. The summed E-state index contributed by atoms with van der Waals surface area (Å²) in [7, 11) is 1.36. The van der Waals surface area contributed by atoms with Crippen LogP contribution in [0.5, 0.6) is 0 Å². The largest absolute Gasteiger partial charge is 0.391 e. The molecule has 0 aromatic rings. The van der Waals surface area contributed by atoms with E-state index in [9.17, 15) is 13.2 Å². The first-order valence-electron chi connectivity index (χ1n) is 4.30. The summed E-state index contributed by atoms with van der Waals surface area (Å²) in [5.74, 6) is 0. The number of piperidine rings is 1. The number of halogens is 3. The van der Waals surface area contributed by atoms with E-state index < -0.39 is 18.2 Å². The molecule has 0 saturated carbocycles. The van der Waals surface area contributed by atoms with Gasteiger partial charge in [-0.1, -0.05) is 0 Å². The highest BCUT2D eigenvalue weighted by molar-refractivity contribution is 4.88. The van der Waals surface area contributed by atoms with E-state index >= 15 is 0 Å². The summed E-state index contributed by atoms with van der Waals surface area (Å²) < 4.78 is 41.5. The predicted molar refractivity (Wildman–Crippen MR) is 42.5 cm³/mol. The second kappa shape index (κ2) is 3.84. The van der Waals surface area contributed by atoms with Crippen LogP contribution in [0.25, 0.3) is 0 Å². The number of alkyl halides is 3. The fourth-order valence-corrected chi connectivity index (χ4v) is 1.70. The van der Waals surface area contributed by atoms with E-state index in [-0.39, 0.29) is 0 Å². The molecule has 0 radical (unpaired) electrons. The Hall–Kier alpha value is -0.290. The molecule has 0 aromatic heterocycles. The molecule has 1 fully saturated rings. The van der Waals surface area contributed by atoms with Gasteiger partial charge >= 0.3 is 6.18 Å². The quantitative estimate of drug-likeness (QED) is 0.727. The van der Waals surface area contributed by atoms with E-state index in [1.807, 2.05) is 0 Å². The van der Waals surface area contributed by atoms with Gasteiger partial charge in [-0.15, -0.1) is 0 Å². The molecule has 2 nitrogen and oxygen atoms in total. The zero-order chi connectivity index (χ0) is 9.95. The van der Waals surface area contributed by atoms with Crippen molar-refractivity contribution < 1.29 is 17.9 Å². The highest BCUT2D eigenvalue weighted by Crippen LogP contribution is 2.35. The van der Waals surface area contributed by atoms with Crippen LogP contribution >= 0.6 is 0 Å². The van der Waals surface area contributed by atoms with Crippen LogP contribution in [-0.4, -0.2) is 32.0 Å². The highest BCUT2D eigenvalue weighted by Gasteiger charge is 2.43. The van der Waals surface area contributed by atoms with Crippen molar-refractivity contribution in [3.05, 3.63) is 0 Å². The first kappa shape index (κ1) is 10.8. The number of hydrogen-bond acceptors (Lipinski definition) is 2. The molecule has 5 heteroatoms. The number of ether oxygens (including phenoxy) is 1. The first-order chi connectivity index (χ1) is 5.97. The summed E-state index contributed by atoms with van der Waals surface area (Å²) >= 11 is 0. The van der Waals surface area contributed by atoms with Gasteiger partial charge < -0.3 is 10.1 Å². The summed E-state index contributed by atoms with van der Waals surface area (Å²) in [6.07, 6.45) is -4.10. The standard InChI is InChI=1S/C8H14F3NO/c1-13-7(6-8(9,10)11)2-4-12-5-3-7/h12H,2-6H2,1H3. The van der Waals surface area contributed by atoms with Crippen molar-refractivity contribution in [2.75, 3.05) is 20.2 Å². The molecule has 13 heavy (non-hydrogen) atoms. The second-order valence-corrected chi connectivity index (χ2v) is 3.43. The Morgan fingerprint density at radius 3 is 2.23 bits per heavy atom. The van der Waals surface area contributed by atoms with E-state index in [0.29, 0.717) is 25.9 Å². The van der Waals surface area contributed by atoms with E-state index in [1.165, 1.54) is 7.11 Å². The van der Waals surface area contributed by atoms with Gasteiger partial charge in [0.1, 0.15) is 0 Å². The van der Waals surface area contributed by atoms with Crippen molar-refractivity contribution in [1.29, 1.82) is 0 Å². The minimum absolute atomic E-state index is 0.434. The molecule has 0 aliphatic carbocycles. The van der Waals surface area contributed by atoms with Crippen LogP contribution in [0.1, 0.15) is 19.3 Å². The van der Waals surface area contributed by atoms with Crippen molar-refractivity contribution in [3.8, 4) is 0 Å². The van der Waals surface area contributed by atoms with Gasteiger partial charge in [-0.05, 0) is 25.9 Å². The van der Waals surface area contributed by atoms with E-state index in [1.54, 1.807) is 0 Å². The Labute approximate surface area is 75.4 Å². The molecular formula is C8H14F3NO. The van der Waals surface area contributed by atoms with Crippen LogP contribution < -0.4 is 5.32 Å². The summed E-state index contributed by atoms with van der Waals surface area (Å²) in [6.45, 7) is 1.20.